The van der Waals surface area contributed by atoms with Gasteiger partial charge in [-0.1, -0.05) is 53.2 Å². The first-order valence-electron chi connectivity index (χ1n) is 11.0. The number of benzene rings is 3. The van der Waals surface area contributed by atoms with Crippen LogP contribution in [0.5, 0.6) is 0 Å². The zero-order valence-corrected chi connectivity index (χ0v) is 20.0. The number of nitrogens with zero attached hydrogens (tertiary/aromatic N) is 3. The highest BCUT2D eigenvalue weighted by Gasteiger charge is 2.36. The van der Waals surface area contributed by atoms with Gasteiger partial charge in [-0.25, -0.2) is 4.79 Å². The fourth-order valence-corrected chi connectivity index (χ4v) is 4.52. The van der Waals surface area contributed by atoms with Crippen LogP contribution in [0.15, 0.2) is 94.0 Å². The third-order valence-electron chi connectivity index (χ3n) is 5.91. The molecule has 6 nitrogen and oxygen atoms in total. The van der Waals surface area contributed by atoms with Crippen molar-refractivity contribution >= 4 is 29.1 Å². The standard InChI is InChI=1S/C27H24N4O2S/c1-17-9-11-19(12-10-17)24-23(18(2)31(27(32)28-24)21-7-5-4-6-8-21)26-29-25(30-33-26)20-13-15-22(34-3)16-14-20/h4-16,24H,1-3H3,(H,28,32). The second kappa shape index (κ2) is 9.19. The van der Waals surface area contributed by atoms with Crippen LogP contribution in [0.3, 0.4) is 0 Å². The highest BCUT2D eigenvalue weighted by molar-refractivity contribution is 7.98. The van der Waals surface area contributed by atoms with Gasteiger partial charge < -0.3 is 9.84 Å². The normalized spacial score (nSPS) is 16.0. The number of carbonyl (C=O) groups is 1. The SMILES string of the molecule is CSc1ccc(-c2noc(C3=C(C)N(c4ccccc4)C(=O)NC3c3ccc(C)cc3)n2)cc1. The van der Waals surface area contributed by atoms with Gasteiger partial charge in [0.25, 0.3) is 5.89 Å². The summed E-state index contributed by atoms with van der Waals surface area (Å²) in [6, 6.07) is 25.1. The summed E-state index contributed by atoms with van der Waals surface area (Å²) in [6.45, 7) is 3.95. The van der Waals surface area contributed by atoms with E-state index < -0.39 is 6.04 Å². The van der Waals surface area contributed by atoms with Crippen LogP contribution >= 0.6 is 11.8 Å². The predicted octanol–water partition coefficient (Wildman–Crippen LogP) is 6.47. The maximum atomic E-state index is 13.2. The van der Waals surface area contributed by atoms with Gasteiger partial charge in [-0.15, -0.1) is 11.8 Å². The second-order valence-corrected chi connectivity index (χ2v) is 8.99. The molecule has 170 valence electrons. The van der Waals surface area contributed by atoms with Crippen LogP contribution in [0, 0.1) is 6.92 Å². The molecule has 1 N–H and O–H groups in total. The summed E-state index contributed by atoms with van der Waals surface area (Å²) in [5.74, 6) is 0.890. The Bertz CT molecular complexity index is 1350. The summed E-state index contributed by atoms with van der Waals surface area (Å²) in [4.78, 5) is 20.8. The Morgan fingerprint density at radius 2 is 1.65 bits per heavy atom. The summed E-state index contributed by atoms with van der Waals surface area (Å²) in [5.41, 5.74) is 5.25. The molecule has 1 aliphatic rings. The third-order valence-corrected chi connectivity index (χ3v) is 6.66. The molecule has 1 atom stereocenters. The van der Waals surface area contributed by atoms with Gasteiger partial charge in [0.1, 0.15) is 0 Å². The number of hydrogen-bond acceptors (Lipinski definition) is 5. The van der Waals surface area contributed by atoms with Crippen molar-refractivity contribution in [1.29, 1.82) is 0 Å². The van der Waals surface area contributed by atoms with Crippen molar-refractivity contribution < 1.29 is 9.32 Å². The van der Waals surface area contributed by atoms with E-state index in [1.165, 1.54) is 4.90 Å². The Labute approximate surface area is 202 Å². The number of hydrogen-bond donors (Lipinski definition) is 1. The highest BCUT2D eigenvalue weighted by atomic mass is 32.2. The molecule has 2 heterocycles. The average molecular weight is 469 g/mol. The van der Waals surface area contributed by atoms with Crippen molar-refractivity contribution in [2.24, 2.45) is 0 Å². The monoisotopic (exact) mass is 468 g/mol. The number of para-hydroxylation sites is 1. The second-order valence-electron chi connectivity index (χ2n) is 8.11. The molecule has 0 radical (unpaired) electrons. The first-order chi connectivity index (χ1) is 16.5. The molecule has 5 rings (SSSR count). The molecule has 34 heavy (non-hydrogen) atoms. The topological polar surface area (TPSA) is 71.3 Å². The summed E-state index contributed by atoms with van der Waals surface area (Å²) < 4.78 is 5.78. The van der Waals surface area contributed by atoms with Crippen LogP contribution in [-0.2, 0) is 0 Å². The van der Waals surface area contributed by atoms with E-state index in [2.05, 4.69) is 10.5 Å². The van der Waals surface area contributed by atoms with Crippen LogP contribution in [0.1, 0.15) is 30.0 Å². The quantitative estimate of drug-likeness (QED) is 0.340. The van der Waals surface area contributed by atoms with E-state index in [9.17, 15) is 4.79 Å². The van der Waals surface area contributed by atoms with Gasteiger partial charge >= 0.3 is 6.03 Å². The number of thioether (sulfide) groups is 1. The molecular formula is C27H24N4O2S. The van der Waals surface area contributed by atoms with Gasteiger partial charge in [0.15, 0.2) is 0 Å². The van der Waals surface area contributed by atoms with Crippen molar-refractivity contribution in [2.75, 3.05) is 11.2 Å². The number of anilines is 1. The van der Waals surface area contributed by atoms with Crippen molar-refractivity contribution in [1.82, 2.24) is 15.5 Å². The number of urea groups is 1. The molecule has 1 unspecified atom stereocenters. The van der Waals surface area contributed by atoms with Gasteiger partial charge in [0.2, 0.25) is 5.82 Å². The van der Waals surface area contributed by atoms with Gasteiger partial charge in [-0.05, 0) is 62.1 Å². The molecule has 0 saturated heterocycles. The van der Waals surface area contributed by atoms with Crippen LogP contribution < -0.4 is 10.2 Å². The number of aryl methyl sites for hydroxylation is 1. The molecule has 3 aromatic carbocycles. The summed E-state index contributed by atoms with van der Waals surface area (Å²) in [5, 5.41) is 7.39. The van der Waals surface area contributed by atoms with Crippen LogP contribution in [-0.4, -0.2) is 22.4 Å². The van der Waals surface area contributed by atoms with Crippen molar-refractivity contribution in [3.8, 4) is 11.4 Å². The van der Waals surface area contributed by atoms with Crippen molar-refractivity contribution in [3.63, 3.8) is 0 Å². The minimum atomic E-state index is -0.416. The van der Waals surface area contributed by atoms with E-state index in [0.29, 0.717) is 11.7 Å². The minimum absolute atomic E-state index is 0.203. The highest BCUT2D eigenvalue weighted by Crippen LogP contribution is 2.39. The van der Waals surface area contributed by atoms with E-state index in [-0.39, 0.29) is 6.03 Å². The molecule has 0 fully saturated rings. The van der Waals surface area contributed by atoms with E-state index in [1.54, 1.807) is 16.7 Å². The Kier molecular flexibility index (Phi) is 5.94. The Hall–Kier alpha value is -3.84. The zero-order chi connectivity index (χ0) is 23.7. The zero-order valence-electron chi connectivity index (χ0n) is 19.1. The number of nitrogens with one attached hydrogen (secondary N) is 1. The third kappa shape index (κ3) is 4.10. The molecule has 0 spiro atoms. The van der Waals surface area contributed by atoms with E-state index in [0.717, 1.165) is 33.6 Å². The van der Waals surface area contributed by atoms with Crippen molar-refractivity contribution in [2.45, 2.75) is 24.8 Å². The largest absolute Gasteiger partial charge is 0.334 e. The number of allylic oxidation sites excluding steroid dienone is 1. The average Bonchev–Trinajstić information content (AvgIpc) is 3.34. The lowest BCUT2D eigenvalue weighted by Gasteiger charge is -2.35. The van der Waals surface area contributed by atoms with Crippen molar-refractivity contribution in [3.05, 3.63) is 102 Å². The van der Waals surface area contributed by atoms with Gasteiger partial charge in [0, 0.05) is 16.2 Å². The van der Waals surface area contributed by atoms with Gasteiger partial charge in [-0.3, -0.25) is 4.90 Å². The summed E-state index contributed by atoms with van der Waals surface area (Å²) in [7, 11) is 0. The lowest BCUT2D eigenvalue weighted by atomic mass is 9.94. The number of carbonyl (C=O) groups excluding carboxylic acids is 1. The van der Waals surface area contributed by atoms with Gasteiger partial charge in [0.05, 0.1) is 17.3 Å². The van der Waals surface area contributed by atoms with E-state index in [1.807, 2.05) is 99.0 Å². The first kappa shape index (κ1) is 22.0. The molecule has 0 saturated carbocycles. The first-order valence-corrected chi connectivity index (χ1v) is 12.2. The number of amides is 2. The van der Waals surface area contributed by atoms with Gasteiger partial charge in [-0.2, -0.15) is 4.98 Å². The summed E-state index contributed by atoms with van der Waals surface area (Å²) >= 11 is 1.68. The molecule has 0 aliphatic carbocycles. The lowest BCUT2D eigenvalue weighted by molar-refractivity contribution is 0.244. The van der Waals surface area contributed by atoms with Crippen LogP contribution in [0.4, 0.5) is 10.5 Å². The predicted molar refractivity (Wildman–Crippen MR) is 135 cm³/mol. The summed E-state index contributed by atoms with van der Waals surface area (Å²) in [6.07, 6.45) is 2.04. The molecule has 1 aliphatic heterocycles. The Morgan fingerprint density at radius 3 is 2.32 bits per heavy atom. The lowest BCUT2D eigenvalue weighted by Crippen LogP contribution is -2.46. The number of aromatic nitrogens is 2. The molecule has 1 aromatic heterocycles. The molecular weight excluding hydrogens is 444 g/mol. The minimum Gasteiger partial charge on any atom is -0.334 e. The van der Waals surface area contributed by atoms with E-state index >= 15 is 0 Å². The molecule has 0 bridgehead atoms. The smallest absolute Gasteiger partial charge is 0.326 e. The molecule has 2 amide bonds. The fourth-order valence-electron chi connectivity index (χ4n) is 4.11. The maximum absolute atomic E-state index is 13.2. The van der Waals surface area contributed by atoms with Crippen LogP contribution in [0.25, 0.3) is 17.0 Å². The Balaban J connectivity index is 1.62. The fraction of sp³-hybridized carbons (Fsp3) is 0.148. The van der Waals surface area contributed by atoms with Crippen LogP contribution in [0.2, 0.25) is 0 Å². The molecule has 4 aromatic rings. The maximum Gasteiger partial charge on any atom is 0.326 e. The van der Waals surface area contributed by atoms with E-state index in [4.69, 9.17) is 9.51 Å². The number of rotatable bonds is 5. The molecule has 7 heteroatoms. The Morgan fingerprint density at radius 1 is 0.941 bits per heavy atom.